The lowest BCUT2D eigenvalue weighted by Crippen LogP contribution is -1.90. The van der Waals surface area contributed by atoms with Gasteiger partial charge in [-0.15, -0.1) is 0 Å². The monoisotopic (exact) mass is 246 g/mol. The molecule has 0 spiro atoms. The van der Waals surface area contributed by atoms with Crippen LogP contribution in [-0.2, 0) is 4.57 Å². The Morgan fingerprint density at radius 2 is 1.94 bits per heavy atom. The molecule has 1 rings (SSSR count). The quantitative estimate of drug-likeness (QED) is 0.830. The molecule has 0 fully saturated rings. The maximum absolute atomic E-state index is 12.4. The van der Waals surface area contributed by atoms with Gasteiger partial charge in [0.2, 0.25) is 0 Å². The topological polar surface area (TPSA) is 55.8 Å². The highest BCUT2D eigenvalue weighted by atomic mass is 31.2. The fraction of sp³-hybridized carbons (Fsp3) is 0.200. The Bertz CT molecular complexity index is 438. The van der Waals surface area contributed by atoms with Crippen molar-refractivity contribution in [3.05, 3.63) is 29.6 Å². The number of ether oxygens (including phenoxy) is 2. The minimum atomic E-state index is -4.63. The second-order valence-electron chi connectivity index (χ2n) is 2.97. The minimum Gasteiger partial charge on any atom is -0.493 e. The van der Waals surface area contributed by atoms with Gasteiger partial charge in [-0.25, -0.2) is 0 Å². The molecule has 0 aliphatic rings. The molecule has 0 aromatic heterocycles. The molecule has 0 amide bonds. The van der Waals surface area contributed by atoms with E-state index >= 15 is 0 Å². The molecular weight excluding hydrogens is 234 g/mol. The molecular formula is C10H12FO4P. The van der Waals surface area contributed by atoms with E-state index in [-0.39, 0.29) is 0 Å². The molecule has 0 heterocycles. The van der Waals surface area contributed by atoms with Gasteiger partial charge in [0.15, 0.2) is 11.5 Å². The summed E-state index contributed by atoms with van der Waals surface area (Å²) in [7, 11) is -1.66. The summed E-state index contributed by atoms with van der Waals surface area (Å²) in [6, 6.07) is 4.82. The van der Waals surface area contributed by atoms with Crippen molar-refractivity contribution in [1.29, 1.82) is 0 Å². The highest BCUT2D eigenvalue weighted by Gasteiger charge is 2.09. The molecule has 0 saturated heterocycles. The van der Waals surface area contributed by atoms with Gasteiger partial charge < -0.3 is 14.4 Å². The average Bonchev–Trinajstić information content (AvgIpc) is 2.25. The van der Waals surface area contributed by atoms with Crippen molar-refractivity contribution in [2.24, 2.45) is 0 Å². The molecule has 16 heavy (non-hydrogen) atoms. The predicted octanol–water partition coefficient (Wildman–Crippen LogP) is 2.83. The Morgan fingerprint density at radius 3 is 2.44 bits per heavy atom. The van der Waals surface area contributed by atoms with Crippen LogP contribution in [0.25, 0.3) is 6.08 Å². The van der Waals surface area contributed by atoms with Crippen molar-refractivity contribution < 1.29 is 23.1 Å². The zero-order chi connectivity index (χ0) is 12.2. The second kappa shape index (κ2) is 5.14. The first-order chi connectivity index (χ1) is 7.46. The van der Waals surface area contributed by atoms with Crippen LogP contribution in [0.1, 0.15) is 5.56 Å². The largest absolute Gasteiger partial charge is 0.493 e. The van der Waals surface area contributed by atoms with Crippen molar-refractivity contribution in [2.45, 2.75) is 0 Å². The van der Waals surface area contributed by atoms with Crippen LogP contribution in [0.15, 0.2) is 24.0 Å². The maximum atomic E-state index is 12.4. The van der Waals surface area contributed by atoms with Crippen molar-refractivity contribution >= 4 is 13.8 Å². The summed E-state index contributed by atoms with van der Waals surface area (Å²) < 4.78 is 32.8. The van der Waals surface area contributed by atoms with Crippen LogP contribution in [0.4, 0.5) is 4.20 Å². The third-order valence-corrected chi connectivity index (χ3v) is 2.38. The SMILES string of the molecule is COc1ccc(C=CP(=O)(O)F)cc1OC. The molecule has 0 radical (unpaired) electrons. The summed E-state index contributed by atoms with van der Waals surface area (Å²) in [5, 5.41) is 0. The number of rotatable bonds is 4. The first-order valence-corrected chi connectivity index (χ1v) is 6.01. The molecule has 1 unspecified atom stereocenters. The standard InChI is InChI=1S/C10H12FO4P/c1-14-9-4-3-8(7-10(9)15-2)5-6-16(11,12)13/h3-7H,1-2H3,(H,12,13). The second-order valence-corrected chi connectivity index (χ2v) is 4.36. The van der Waals surface area contributed by atoms with Gasteiger partial charge in [-0.3, -0.25) is 4.57 Å². The third kappa shape index (κ3) is 3.68. The van der Waals surface area contributed by atoms with E-state index in [0.717, 1.165) is 0 Å². The Kier molecular flexibility index (Phi) is 4.10. The lowest BCUT2D eigenvalue weighted by Gasteiger charge is -2.07. The Hall–Kier alpha value is -1.32. The zero-order valence-electron chi connectivity index (χ0n) is 8.88. The highest BCUT2D eigenvalue weighted by molar-refractivity contribution is 7.56. The van der Waals surface area contributed by atoms with Gasteiger partial charge in [-0.05, 0) is 23.8 Å². The lowest BCUT2D eigenvalue weighted by molar-refractivity contribution is 0.355. The molecule has 0 aliphatic carbocycles. The van der Waals surface area contributed by atoms with Gasteiger partial charge in [0.25, 0.3) is 0 Å². The summed E-state index contributed by atoms with van der Waals surface area (Å²) in [5.41, 5.74) is 0.546. The molecule has 0 aliphatic heterocycles. The van der Waals surface area contributed by atoms with E-state index in [1.807, 2.05) is 0 Å². The van der Waals surface area contributed by atoms with Crippen molar-refractivity contribution in [2.75, 3.05) is 14.2 Å². The highest BCUT2D eigenvalue weighted by Crippen LogP contribution is 2.44. The van der Waals surface area contributed by atoms with E-state index in [2.05, 4.69) is 0 Å². The van der Waals surface area contributed by atoms with Gasteiger partial charge in [0.1, 0.15) is 0 Å². The number of methoxy groups -OCH3 is 2. The van der Waals surface area contributed by atoms with Crippen LogP contribution < -0.4 is 9.47 Å². The van der Waals surface area contributed by atoms with E-state index in [1.165, 1.54) is 20.3 Å². The van der Waals surface area contributed by atoms with Crippen LogP contribution in [-0.4, -0.2) is 19.1 Å². The molecule has 1 aromatic rings. The summed E-state index contributed by atoms with van der Waals surface area (Å²) in [4.78, 5) is 8.45. The van der Waals surface area contributed by atoms with Crippen LogP contribution >= 0.6 is 7.68 Å². The predicted molar refractivity (Wildman–Crippen MR) is 59.5 cm³/mol. The fourth-order valence-electron chi connectivity index (χ4n) is 1.13. The Morgan fingerprint density at radius 1 is 1.31 bits per heavy atom. The Balaban J connectivity index is 3.00. The van der Waals surface area contributed by atoms with Gasteiger partial charge in [-0.1, -0.05) is 6.07 Å². The normalized spacial score (nSPS) is 14.8. The summed E-state index contributed by atoms with van der Waals surface area (Å²) >= 11 is 0. The Labute approximate surface area is 92.9 Å². The lowest BCUT2D eigenvalue weighted by atomic mass is 10.2. The number of benzene rings is 1. The molecule has 0 bridgehead atoms. The summed E-state index contributed by atoms with van der Waals surface area (Å²) in [5.74, 6) is 1.62. The van der Waals surface area contributed by atoms with E-state index in [9.17, 15) is 8.76 Å². The molecule has 0 saturated carbocycles. The molecule has 4 nitrogen and oxygen atoms in total. The van der Waals surface area contributed by atoms with Crippen LogP contribution in [0.5, 0.6) is 11.5 Å². The summed E-state index contributed by atoms with van der Waals surface area (Å²) in [6.45, 7) is 0. The number of hydrogen-bond donors (Lipinski definition) is 1. The molecule has 88 valence electrons. The molecule has 1 aromatic carbocycles. The van der Waals surface area contributed by atoms with E-state index in [1.54, 1.807) is 18.2 Å². The number of hydrogen-bond acceptors (Lipinski definition) is 3. The average molecular weight is 246 g/mol. The van der Waals surface area contributed by atoms with Gasteiger partial charge in [-0.2, -0.15) is 4.20 Å². The van der Waals surface area contributed by atoms with Gasteiger partial charge in [0, 0.05) is 5.82 Å². The third-order valence-electron chi connectivity index (χ3n) is 1.86. The summed E-state index contributed by atoms with van der Waals surface area (Å²) in [6.07, 6.45) is 1.21. The number of halogens is 1. The smallest absolute Gasteiger partial charge is 0.388 e. The first-order valence-electron chi connectivity index (χ1n) is 4.39. The van der Waals surface area contributed by atoms with E-state index in [4.69, 9.17) is 14.4 Å². The van der Waals surface area contributed by atoms with E-state index < -0.39 is 7.68 Å². The van der Waals surface area contributed by atoms with Crippen molar-refractivity contribution in [3.63, 3.8) is 0 Å². The fourth-order valence-corrected chi connectivity index (χ4v) is 1.49. The van der Waals surface area contributed by atoms with Gasteiger partial charge in [0.05, 0.1) is 14.2 Å². The zero-order valence-corrected chi connectivity index (χ0v) is 9.78. The first kappa shape index (κ1) is 12.7. The van der Waals surface area contributed by atoms with E-state index in [0.29, 0.717) is 22.9 Å². The van der Waals surface area contributed by atoms with Crippen LogP contribution in [0, 0.1) is 0 Å². The van der Waals surface area contributed by atoms with Crippen LogP contribution in [0.3, 0.4) is 0 Å². The van der Waals surface area contributed by atoms with Crippen molar-refractivity contribution in [3.8, 4) is 11.5 Å². The molecule has 1 N–H and O–H groups in total. The molecule has 6 heteroatoms. The minimum absolute atomic E-state index is 0.469. The van der Waals surface area contributed by atoms with Gasteiger partial charge >= 0.3 is 7.68 Å². The van der Waals surface area contributed by atoms with Crippen molar-refractivity contribution in [1.82, 2.24) is 0 Å². The maximum Gasteiger partial charge on any atom is 0.388 e. The molecule has 1 atom stereocenters. The van der Waals surface area contributed by atoms with Crippen LogP contribution in [0.2, 0.25) is 0 Å².